The molecule has 0 bridgehead atoms. The number of hydrogen-bond donors (Lipinski definition) is 1. The predicted molar refractivity (Wildman–Crippen MR) is 110 cm³/mol. The largest absolute Gasteiger partial charge is 0.474 e. The van der Waals surface area contributed by atoms with E-state index in [-0.39, 0.29) is 16.7 Å². The molecule has 0 aliphatic carbocycles. The summed E-state index contributed by atoms with van der Waals surface area (Å²) in [5.41, 5.74) is -1.52. The molecule has 0 fully saturated rings. The third-order valence-electron chi connectivity index (χ3n) is 3.92. The van der Waals surface area contributed by atoms with Gasteiger partial charge in [-0.15, -0.1) is 4.68 Å². The lowest BCUT2D eigenvalue weighted by atomic mass is 10.2. The average Bonchev–Trinajstić information content (AvgIpc) is 2.72. The van der Waals surface area contributed by atoms with Crippen molar-refractivity contribution in [1.29, 1.82) is 0 Å². The lowest BCUT2D eigenvalue weighted by molar-refractivity contribution is -0.385. The highest BCUT2D eigenvalue weighted by Crippen LogP contribution is 2.33. The van der Waals surface area contributed by atoms with E-state index in [0.29, 0.717) is 14.7 Å². The standard InChI is InChI=1S/C18H13BrN4O7/c1-29-15(24)9-30-16-10(6-11(19)7-14(16)23(27)28)8-20-22-17(25)12-4-2-3-5-13(12)21-18(22)26/h2-8H,9H2,1H3,(H,21,26). The van der Waals surface area contributed by atoms with Crippen molar-refractivity contribution in [2.45, 2.75) is 0 Å². The van der Waals surface area contributed by atoms with Crippen LogP contribution in [-0.2, 0) is 9.53 Å². The molecule has 0 aliphatic rings. The van der Waals surface area contributed by atoms with E-state index in [0.717, 1.165) is 13.3 Å². The SMILES string of the molecule is COC(=O)COc1c(C=Nn2c(=O)[nH]c3ccccc3c2=O)cc(Br)cc1[N+](=O)[O-]. The van der Waals surface area contributed by atoms with Crippen LogP contribution in [0.3, 0.4) is 0 Å². The second kappa shape index (κ2) is 8.69. The molecule has 1 N–H and O–H groups in total. The fourth-order valence-electron chi connectivity index (χ4n) is 2.56. The molecule has 1 heterocycles. The molecule has 11 nitrogen and oxygen atoms in total. The molecular formula is C18H13BrN4O7. The van der Waals surface area contributed by atoms with Crippen molar-refractivity contribution in [3.63, 3.8) is 0 Å². The Balaban J connectivity index is 2.12. The minimum atomic E-state index is -0.795. The molecule has 30 heavy (non-hydrogen) atoms. The zero-order chi connectivity index (χ0) is 21.8. The van der Waals surface area contributed by atoms with Gasteiger partial charge in [-0.2, -0.15) is 5.10 Å². The molecule has 0 unspecified atom stereocenters. The number of benzene rings is 2. The molecule has 0 atom stereocenters. The number of ether oxygens (including phenoxy) is 2. The van der Waals surface area contributed by atoms with Crippen LogP contribution in [0.4, 0.5) is 5.69 Å². The number of halogens is 1. The number of nitrogens with one attached hydrogen (secondary N) is 1. The average molecular weight is 477 g/mol. The second-order valence-electron chi connectivity index (χ2n) is 5.80. The molecule has 0 spiro atoms. The van der Waals surface area contributed by atoms with Crippen molar-refractivity contribution in [3.05, 3.63) is 77.4 Å². The van der Waals surface area contributed by atoms with Crippen molar-refractivity contribution in [2.24, 2.45) is 5.10 Å². The maximum absolute atomic E-state index is 12.6. The summed E-state index contributed by atoms with van der Waals surface area (Å²) in [7, 11) is 1.14. The molecule has 0 saturated heterocycles. The van der Waals surface area contributed by atoms with E-state index in [1.165, 1.54) is 18.2 Å². The summed E-state index contributed by atoms with van der Waals surface area (Å²) < 4.78 is 10.6. The topological polar surface area (TPSA) is 146 Å². The molecule has 154 valence electrons. The van der Waals surface area contributed by atoms with Gasteiger partial charge in [0.1, 0.15) is 0 Å². The number of esters is 1. The zero-order valence-electron chi connectivity index (χ0n) is 15.3. The number of nitrogens with zero attached hydrogens (tertiary/aromatic N) is 3. The van der Waals surface area contributed by atoms with E-state index in [2.05, 4.69) is 30.8 Å². The summed E-state index contributed by atoms with van der Waals surface area (Å²) in [6, 6.07) is 8.99. The van der Waals surface area contributed by atoms with E-state index in [1.807, 2.05) is 0 Å². The number of aromatic nitrogens is 2. The van der Waals surface area contributed by atoms with Crippen LogP contribution in [0.2, 0.25) is 0 Å². The fraction of sp³-hybridized carbons (Fsp3) is 0.111. The number of hydrogen-bond acceptors (Lipinski definition) is 8. The van der Waals surface area contributed by atoms with Gasteiger partial charge < -0.3 is 14.5 Å². The van der Waals surface area contributed by atoms with E-state index in [1.54, 1.807) is 18.2 Å². The van der Waals surface area contributed by atoms with Gasteiger partial charge in [-0.05, 0) is 18.2 Å². The summed E-state index contributed by atoms with van der Waals surface area (Å²) in [6.45, 7) is -0.587. The number of nitro benzene ring substituents is 1. The number of carbonyl (C=O) groups excluding carboxylic acids is 1. The van der Waals surface area contributed by atoms with Crippen molar-refractivity contribution in [1.82, 2.24) is 9.66 Å². The first kappa shape index (κ1) is 20.9. The van der Waals surface area contributed by atoms with Crippen LogP contribution in [0.25, 0.3) is 10.9 Å². The first-order valence-electron chi connectivity index (χ1n) is 8.27. The second-order valence-corrected chi connectivity index (χ2v) is 6.72. The van der Waals surface area contributed by atoms with Gasteiger partial charge in [0.05, 0.1) is 29.2 Å². The molecule has 0 saturated carbocycles. The van der Waals surface area contributed by atoms with E-state index >= 15 is 0 Å². The number of methoxy groups -OCH3 is 1. The Morgan fingerprint density at radius 3 is 2.77 bits per heavy atom. The minimum Gasteiger partial charge on any atom is -0.474 e. The molecule has 0 amide bonds. The molecular weight excluding hydrogens is 464 g/mol. The Labute approximate surface area is 175 Å². The zero-order valence-corrected chi connectivity index (χ0v) is 16.9. The number of H-pyrrole nitrogens is 1. The summed E-state index contributed by atoms with van der Waals surface area (Å²) in [6.07, 6.45) is 1.05. The molecule has 3 rings (SSSR count). The maximum Gasteiger partial charge on any atom is 0.349 e. The lowest BCUT2D eigenvalue weighted by Gasteiger charge is -2.09. The Bertz CT molecular complexity index is 1300. The van der Waals surface area contributed by atoms with Gasteiger partial charge in [-0.25, -0.2) is 9.59 Å². The van der Waals surface area contributed by atoms with Crippen molar-refractivity contribution < 1.29 is 19.2 Å². The highest BCUT2D eigenvalue weighted by atomic mass is 79.9. The number of carbonyl (C=O) groups is 1. The van der Waals surface area contributed by atoms with Gasteiger partial charge in [0.2, 0.25) is 5.75 Å². The van der Waals surface area contributed by atoms with Gasteiger partial charge in [0.25, 0.3) is 5.56 Å². The van der Waals surface area contributed by atoms with Crippen LogP contribution < -0.4 is 16.0 Å². The Hall–Kier alpha value is -3.80. The molecule has 0 aliphatic heterocycles. The summed E-state index contributed by atoms with van der Waals surface area (Å²) in [4.78, 5) is 49.4. The normalized spacial score (nSPS) is 11.0. The Morgan fingerprint density at radius 2 is 2.07 bits per heavy atom. The lowest BCUT2D eigenvalue weighted by Crippen LogP contribution is -2.32. The number of aromatic amines is 1. The molecule has 12 heteroatoms. The molecule has 2 aromatic carbocycles. The quantitative estimate of drug-likeness (QED) is 0.247. The predicted octanol–water partition coefficient (Wildman–Crippen LogP) is 1.79. The van der Waals surface area contributed by atoms with Crippen molar-refractivity contribution in [3.8, 4) is 5.75 Å². The minimum absolute atomic E-state index is 0.0550. The van der Waals surface area contributed by atoms with Crippen LogP contribution in [0.5, 0.6) is 5.75 Å². The van der Waals surface area contributed by atoms with Gasteiger partial charge in [0.15, 0.2) is 6.61 Å². The smallest absolute Gasteiger partial charge is 0.349 e. The number of para-hydroxylation sites is 1. The van der Waals surface area contributed by atoms with Crippen LogP contribution in [-0.4, -0.2) is 40.5 Å². The maximum atomic E-state index is 12.6. The summed E-state index contributed by atoms with van der Waals surface area (Å²) in [5.74, 6) is -1.03. The number of fused-ring (bicyclic) bond motifs is 1. The summed E-state index contributed by atoms with van der Waals surface area (Å²) >= 11 is 3.15. The molecule has 3 aromatic rings. The fourth-order valence-corrected chi connectivity index (χ4v) is 3.02. The van der Waals surface area contributed by atoms with Crippen molar-refractivity contribution in [2.75, 3.05) is 13.7 Å². The van der Waals surface area contributed by atoms with Gasteiger partial charge >= 0.3 is 17.3 Å². The first-order valence-corrected chi connectivity index (χ1v) is 9.07. The third-order valence-corrected chi connectivity index (χ3v) is 4.38. The van der Waals surface area contributed by atoms with Crippen LogP contribution in [0.15, 0.2) is 55.6 Å². The summed E-state index contributed by atoms with van der Waals surface area (Å²) in [5, 5.41) is 15.5. The number of rotatable bonds is 6. The molecule has 0 radical (unpaired) electrons. The monoisotopic (exact) mass is 476 g/mol. The highest BCUT2D eigenvalue weighted by Gasteiger charge is 2.21. The number of nitro groups is 1. The van der Waals surface area contributed by atoms with Gasteiger partial charge in [-0.3, -0.25) is 14.9 Å². The molecule has 1 aromatic heterocycles. The van der Waals surface area contributed by atoms with Crippen LogP contribution in [0, 0.1) is 10.1 Å². The van der Waals surface area contributed by atoms with Gasteiger partial charge in [-0.1, -0.05) is 28.1 Å². The van der Waals surface area contributed by atoms with E-state index < -0.39 is 34.4 Å². The van der Waals surface area contributed by atoms with E-state index in [9.17, 15) is 24.5 Å². The van der Waals surface area contributed by atoms with Gasteiger partial charge in [0, 0.05) is 16.1 Å². The van der Waals surface area contributed by atoms with E-state index in [4.69, 9.17) is 4.74 Å². The first-order chi connectivity index (χ1) is 14.3. The highest BCUT2D eigenvalue weighted by molar-refractivity contribution is 9.10. The van der Waals surface area contributed by atoms with Crippen LogP contribution >= 0.6 is 15.9 Å². The van der Waals surface area contributed by atoms with Crippen LogP contribution in [0.1, 0.15) is 5.56 Å². The Morgan fingerprint density at radius 1 is 1.33 bits per heavy atom. The third kappa shape index (κ3) is 4.27. The Kier molecular flexibility index (Phi) is 6.06. The van der Waals surface area contributed by atoms with Crippen molar-refractivity contribution >= 4 is 44.7 Å².